The highest BCUT2D eigenvalue weighted by atomic mass is 16.3. The van der Waals surface area contributed by atoms with E-state index in [1.54, 1.807) is 12.1 Å². The minimum absolute atomic E-state index is 0.0234. The summed E-state index contributed by atoms with van der Waals surface area (Å²) in [5, 5.41) is 5.60. The Bertz CT molecular complexity index is 415. The van der Waals surface area contributed by atoms with Gasteiger partial charge in [-0.1, -0.05) is 33.1 Å². The maximum Gasteiger partial charge on any atom is 0.286 e. The SMILES string of the molecule is CCCCC(CC)CNC(=O)CCNC(=O)c1ccco1. The number of carbonyl (C=O) groups excluding carboxylic acids is 2. The standard InChI is InChI=1S/C16H26N2O3/c1-3-5-7-13(4-2)12-18-15(19)9-10-17-16(20)14-8-6-11-21-14/h6,8,11,13H,3-5,7,9-10,12H2,1-2H3,(H,17,20)(H,18,19). The van der Waals surface area contributed by atoms with E-state index in [4.69, 9.17) is 4.42 Å². The van der Waals surface area contributed by atoms with E-state index in [9.17, 15) is 9.59 Å². The number of furan rings is 1. The average molecular weight is 294 g/mol. The largest absolute Gasteiger partial charge is 0.459 e. The van der Waals surface area contributed by atoms with Crippen LogP contribution in [0.4, 0.5) is 0 Å². The van der Waals surface area contributed by atoms with Crippen LogP contribution < -0.4 is 10.6 Å². The molecule has 1 aromatic rings. The molecule has 1 aromatic heterocycles. The normalized spacial score (nSPS) is 11.9. The molecular formula is C16H26N2O3. The van der Waals surface area contributed by atoms with Gasteiger partial charge in [-0.15, -0.1) is 0 Å². The van der Waals surface area contributed by atoms with E-state index in [2.05, 4.69) is 24.5 Å². The van der Waals surface area contributed by atoms with E-state index in [0.29, 0.717) is 12.5 Å². The number of hydrogen-bond acceptors (Lipinski definition) is 3. The third-order valence-electron chi connectivity index (χ3n) is 3.51. The number of rotatable bonds is 10. The Morgan fingerprint density at radius 3 is 2.71 bits per heavy atom. The van der Waals surface area contributed by atoms with Crippen molar-refractivity contribution in [1.82, 2.24) is 10.6 Å². The zero-order valence-electron chi connectivity index (χ0n) is 13.0. The Kier molecular flexibility index (Phi) is 8.24. The van der Waals surface area contributed by atoms with Gasteiger partial charge in [-0.3, -0.25) is 9.59 Å². The zero-order chi connectivity index (χ0) is 15.5. The molecule has 0 aromatic carbocycles. The molecule has 0 saturated heterocycles. The van der Waals surface area contributed by atoms with Crippen molar-refractivity contribution in [1.29, 1.82) is 0 Å². The fourth-order valence-corrected chi connectivity index (χ4v) is 2.07. The quantitative estimate of drug-likeness (QED) is 0.697. The molecular weight excluding hydrogens is 268 g/mol. The Morgan fingerprint density at radius 1 is 1.29 bits per heavy atom. The number of unbranched alkanes of at least 4 members (excludes halogenated alkanes) is 1. The third kappa shape index (κ3) is 6.97. The van der Waals surface area contributed by atoms with Crippen LogP contribution in [0, 0.1) is 5.92 Å². The van der Waals surface area contributed by atoms with E-state index in [0.717, 1.165) is 19.4 Å². The van der Waals surface area contributed by atoms with Crippen LogP contribution in [0.15, 0.2) is 22.8 Å². The molecule has 1 heterocycles. The molecule has 0 aliphatic carbocycles. The van der Waals surface area contributed by atoms with E-state index in [1.807, 2.05) is 0 Å². The van der Waals surface area contributed by atoms with E-state index < -0.39 is 0 Å². The summed E-state index contributed by atoms with van der Waals surface area (Å²) >= 11 is 0. The van der Waals surface area contributed by atoms with Gasteiger partial charge in [-0.25, -0.2) is 0 Å². The molecule has 5 nitrogen and oxygen atoms in total. The van der Waals surface area contributed by atoms with Crippen LogP contribution in [0.25, 0.3) is 0 Å². The fourth-order valence-electron chi connectivity index (χ4n) is 2.07. The first-order chi connectivity index (χ1) is 10.2. The molecule has 21 heavy (non-hydrogen) atoms. The first kappa shape index (κ1) is 17.3. The van der Waals surface area contributed by atoms with Gasteiger partial charge in [0.05, 0.1) is 6.26 Å². The second-order valence-electron chi connectivity index (χ2n) is 5.20. The highest BCUT2D eigenvalue weighted by Crippen LogP contribution is 2.11. The molecule has 0 saturated carbocycles. The molecule has 2 N–H and O–H groups in total. The fraction of sp³-hybridized carbons (Fsp3) is 0.625. The highest BCUT2D eigenvalue weighted by molar-refractivity contribution is 5.91. The summed E-state index contributed by atoms with van der Waals surface area (Å²) in [6.45, 7) is 5.36. The van der Waals surface area contributed by atoms with Crippen molar-refractivity contribution in [3.05, 3.63) is 24.2 Å². The molecule has 1 rings (SSSR count). The molecule has 1 unspecified atom stereocenters. The third-order valence-corrected chi connectivity index (χ3v) is 3.51. The topological polar surface area (TPSA) is 71.3 Å². The Morgan fingerprint density at radius 2 is 2.10 bits per heavy atom. The van der Waals surface area contributed by atoms with Gasteiger partial charge in [-0.2, -0.15) is 0 Å². The van der Waals surface area contributed by atoms with Gasteiger partial charge in [0.2, 0.25) is 5.91 Å². The van der Waals surface area contributed by atoms with E-state index in [-0.39, 0.29) is 24.0 Å². The highest BCUT2D eigenvalue weighted by Gasteiger charge is 2.10. The summed E-state index contributed by atoms with van der Waals surface area (Å²) in [5.41, 5.74) is 0. The average Bonchev–Trinajstić information content (AvgIpc) is 3.01. The van der Waals surface area contributed by atoms with Crippen LogP contribution in [0.3, 0.4) is 0 Å². The second-order valence-corrected chi connectivity index (χ2v) is 5.20. The Hall–Kier alpha value is -1.78. The maximum absolute atomic E-state index is 11.7. The summed E-state index contributed by atoms with van der Waals surface area (Å²) in [7, 11) is 0. The molecule has 0 fully saturated rings. The van der Waals surface area contributed by atoms with Crippen molar-refractivity contribution in [3.63, 3.8) is 0 Å². The van der Waals surface area contributed by atoms with Gasteiger partial charge < -0.3 is 15.1 Å². The lowest BCUT2D eigenvalue weighted by molar-refractivity contribution is -0.121. The molecule has 118 valence electrons. The van der Waals surface area contributed by atoms with Gasteiger partial charge >= 0.3 is 0 Å². The number of carbonyl (C=O) groups is 2. The molecule has 0 aliphatic rings. The second kappa shape index (κ2) is 10.0. The van der Waals surface area contributed by atoms with Crippen LogP contribution in [-0.4, -0.2) is 24.9 Å². The van der Waals surface area contributed by atoms with Gasteiger partial charge in [0.15, 0.2) is 5.76 Å². The van der Waals surface area contributed by atoms with E-state index in [1.165, 1.54) is 19.1 Å². The first-order valence-electron chi connectivity index (χ1n) is 7.75. The minimum Gasteiger partial charge on any atom is -0.459 e. The predicted octanol–water partition coefficient (Wildman–Crippen LogP) is 2.73. The van der Waals surface area contributed by atoms with Crippen molar-refractivity contribution < 1.29 is 14.0 Å². The van der Waals surface area contributed by atoms with Gasteiger partial charge in [-0.05, 0) is 24.5 Å². The summed E-state index contributed by atoms with van der Waals surface area (Å²) in [5.74, 6) is 0.500. The summed E-state index contributed by atoms with van der Waals surface area (Å²) in [4.78, 5) is 23.3. The molecule has 1 atom stereocenters. The first-order valence-corrected chi connectivity index (χ1v) is 7.75. The maximum atomic E-state index is 11.7. The van der Waals surface area contributed by atoms with Gasteiger partial charge in [0.25, 0.3) is 5.91 Å². The Labute approximate surface area is 126 Å². The lowest BCUT2D eigenvalue weighted by Gasteiger charge is -2.15. The Balaban J connectivity index is 2.14. The van der Waals surface area contributed by atoms with Crippen LogP contribution in [-0.2, 0) is 4.79 Å². The van der Waals surface area contributed by atoms with Crippen LogP contribution in [0.1, 0.15) is 56.5 Å². The molecule has 0 aliphatic heterocycles. The van der Waals surface area contributed by atoms with Crippen LogP contribution in [0.2, 0.25) is 0 Å². The summed E-state index contributed by atoms with van der Waals surface area (Å²) < 4.78 is 4.97. The molecule has 5 heteroatoms. The number of nitrogens with one attached hydrogen (secondary N) is 2. The van der Waals surface area contributed by atoms with Crippen molar-refractivity contribution in [2.45, 2.75) is 46.0 Å². The minimum atomic E-state index is -0.290. The van der Waals surface area contributed by atoms with Gasteiger partial charge in [0, 0.05) is 19.5 Å². The molecule has 0 radical (unpaired) electrons. The monoisotopic (exact) mass is 294 g/mol. The number of hydrogen-bond donors (Lipinski definition) is 2. The smallest absolute Gasteiger partial charge is 0.286 e. The van der Waals surface area contributed by atoms with Crippen molar-refractivity contribution >= 4 is 11.8 Å². The van der Waals surface area contributed by atoms with Crippen molar-refractivity contribution in [2.24, 2.45) is 5.92 Å². The predicted molar refractivity (Wildman–Crippen MR) is 82.0 cm³/mol. The molecule has 0 spiro atoms. The van der Waals surface area contributed by atoms with Gasteiger partial charge in [0.1, 0.15) is 0 Å². The zero-order valence-corrected chi connectivity index (χ0v) is 13.0. The van der Waals surface area contributed by atoms with Crippen molar-refractivity contribution in [3.8, 4) is 0 Å². The summed E-state index contributed by atoms with van der Waals surface area (Å²) in [6.07, 6.45) is 6.36. The lowest BCUT2D eigenvalue weighted by Crippen LogP contribution is -2.33. The van der Waals surface area contributed by atoms with Crippen LogP contribution in [0.5, 0.6) is 0 Å². The number of amides is 2. The van der Waals surface area contributed by atoms with Crippen molar-refractivity contribution in [2.75, 3.05) is 13.1 Å². The molecule has 0 bridgehead atoms. The lowest BCUT2D eigenvalue weighted by atomic mass is 9.99. The summed E-state index contributed by atoms with van der Waals surface area (Å²) in [6, 6.07) is 3.25. The molecule has 2 amide bonds. The van der Waals surface area contributed by atoms with E-state index >= 15 is 0 Å². The van der Waals surface area contributed by atoms with Crippen LogP contribution >= 0.6 is 0 Å².